The lowest BCUT2D eigenvalue weighted by Gasteiger charge is -2.11. The molecule has 8 heteroatoms. The predicted molar refractivity (Wildman–Crippen MR) is 81.3 cm³/mol. The number of benzene rings is 1. The average molecular weight is 347 g/mol. The smallest absolute Gasteiger partial charge is 0.242 e. The number of rotatable bonds is 5. The Labute approximate surface area is 132 Å². The minimum absolute atomic E-state index is 0.00774. The molecule has 0 unspecified atom stereocenters. The maximum Gasteiger partial charge on any atom is 0.242 e. The van der Waals surface area contributed by atoms with E-state index < -0.39 is 10.0 Å². The Kier molecular flexibility index (Phi) is 5.05. The van der Waals surface area contributed by atoms with Crippen molar-refractivity contribution in [2.45, 2.75) is 11.4 Å². The predicted octanol–water partition coefficient (Wildman–Crippen LogP) is 2.88. The van der Waals surface area contributed by atoms with Gasteiger partial charge in [-0.2, -0.15) is 0 Å². The molecule has 1 heterocycles. The van der Waals surface area contributed by atoms with Crippen LogP contribution in [0.5, 0.6) is 5.75 Å². The summed E-state index contributed by atoms with van der Waals surface area (Å²) in [5.41, 5.74) is 0.562. The lowest BCUT2D eigenvalue weighted by atomic mass is 10.2. The number of nitrogens with zero attached hydrogens (tertiary/aromatic N) is 1. The number of ether oxygens (including phenoxy) is 1. The summed E-state index contributed by atoms with van der Waals surface area (Å²) in [7, 11) is -2.21. The largest absolute Gasteiger partial charge is 0.496 e. The van der Waals surface area contributed by atoms with Crippen LogP contribution in [0.25, 0.3) is 0 Å². The molecule has 1 aromatic heterocycles. The molecule has 0 aliphatic carbocycles. The highest BCUT2D eigenvalue weighted by Crippen LogP contribution is 2.26. The lowest BCUT2D eigenvalue weighted by molar-refractivity contribution is 0.409. The molecular formula is C13H12Cl2N2O3S. The highest BCUT2D eigenvalue weighted by atomic mass is 35.5. The van der Waals surface area contributed by atoms with Crippen molar-refractivity contribution in [3.8, 4) is 5.75 Å². The van der Waals surface area contributed by atoms with Gasteiger partial charge in [-0.15, -0.1) is 0 Å². The van der Waals surface area contributed by atoms with Gasteiger partial charge in [0.05, 0.1) is 7.11 Å². The summed E-state index contributed by atoms with van der Waals surface area (Å²) in [6.07, 6.45) is 1.19. The Morgan fingerprint density at radius 1 is 1.24 bits per heavy atom. The first-order chi connectivity index (χ1) is 9.94. The van der Waals surface area contributed by atoms with E-state index >= 15 is 0 Å². The fraction of sp³-hybridized carbons (Fsp3) is 0.154. The molecule has 0 bridgehead atoms. The molecule has 0 atom stereocenters. The Morgan fingerprint density at radius 3 is 2.62 bits per heavy atom. The number of hydrogen-bond acceptors (Lipinski definition) is 4. The number of pyridine rings is 1. The molecule has 0 saturated carbocycles. The normalized spacial score (nSPS) is 11.4. The van der Waals surface area contributed by atoms with Crippen molar-refractivity contribution in [1.29, 1.82) is 0 Å². The monoisotopic (exact) mass is 346 g/mol. The van der Waals surface area contributed by atoms with Crippen molar-refractivity contribution in [2.24, 2.45) is 0 Å². The average Bonchev–Trinajstić information content (AvgIpc) is 2.46. The van der Waals surface area contributed by atoms with Crippen LogP contribution in [-0.2, 0) is 16.6 Å². The summed E-state index contributed by atoms with van der Waals surface area (Å²) < 4.78 is 31.9. The van der Waals surface area contributed by atoms with Crippen LogP contribution in [0.4, 0.5) is 0 Å². The molecule has 0 saturated heterocycles. The molecule has 2 aromatic rings. The van der Waals surface area contributed by atoms with E-state index in [1.165, 1.54) is 25.4 Å². The number of sulfonamides is 1. The second-order valence-corrected chi connectivity index (χ2v) is 6.62. The van der Waals surface area contributed by atoms with Gasteiger partial charge in [-0.25, -0.2) is 18.1 Å². The van der Waals surface area contributed by atoms with Crippen LogP contribution in [0, 0.1) is 0 Å². The first kappa shape index (κ1) is 16.0. The van der Waals surface area contributed by atoms with E-state index in [0.717, 1.165) is 0 Å². The van der Waals surface area contributed by atoms with Gasteiger partial charge in [0.2, 0.25) is 10.0 Å². The molecule has 21 heavy (non-hydrogen) atoms. The van der Waals surface area contributed by atoms with Crippen LogP contribution >= 0.6 is 23.2 Å². The van der Waals surface area contributed by atoms with Crippen LogP contribution in [0.1, 0.15) is 5.56 Å². The fourth-order valence-corrected chi connectivity index (χ4v) is 2.96. The maximum atomic E-state index is 12.1. The number of aromatic nitrogens is 1. The van der Waals surface area contributed by atoms with Gasteiger partial charge in [-0.05, 0) is 24.3 Å². The minimum atomic E-state index is -3.70. The number of methoxy groups -OCH3 is 1. The van der Waals surface area contributed by atoms with E-state index in [0.29, 0.717) is 16.3 Å². The van der Waals surface area contributed by atoms with Gasteiger partial charge >= 0.3 is 0 Å². The Balaban J connectivity index is 2.21. The summed E-state index contributed by atoms with van der Waals surface area (Å²) in [5.74, 6) is 0.513. The van der Waals surface area contributed by atoms with Crippen molar-refractivity contribution in [3.63, 3.8) is 0 Å². The van der Waals surface area contributed by atoms with Crippen molar-refractivity contribution >= 4 is 33.2 Å². The standard InChI is InChI=1S/C13H12Cl2N2O3S/c1-20-12-4-2-3-11(14)10(12)8-17-21(18,19)9-5-6-13(15)16-7-9/h2-7,17H,8H2,1H3. The summed E-state index contributed by atoms with van der Waals surface area (Å²) in [5, 5.41) is 0.646. The van der Waals surface area contributed by atoms with Crippen molar-refractivity contribution in [3.05, 3.63) is 52.3 Å². The molecular weight excluding hydrogens is 335 g/mol. The lowest BCUT2D eigenvalue weighted by Crippen LogP contribution is -2.23. The summed E-state index contributed by atoms with van der Waals surface area (Å²) in [6.45, 7) is 0.00774. The molecule has 0 aliphatic rings. The van der Waals surface area contributed by atoms with Crippen molar-refractivity contribution < 1.29 is 13.2 Å². The SMILES string of the molecule is COc1cccc(Cl)c1CNS(=O)(=O)c1ccc(Cl)nc1. The van der Waals surface area contributed by atoms with E-state index in [9.17, 15) is 8.42 Å². The maximum absolute atomic E-state index is 12.1. The van der Waals surface area contributed by atoms with Gasteiger partial charge in [0.15, 0.2) is 0 Å². The van der Waals surface area contributed by atoms with Gasteiger partial charge in [0.1, 0.15) is 15.8 Å². The van der Waals surface area contributed by atoms with Gasteiger partial charge in [-0.3, -0.25) is 0 Å². The zero-order valence-corrected chi connectivity index (χ0v) is 13.3. The Bertz CT molecular complexity index is 734. The molecule has 0 aliphatic heterocycles. The summed E-state index contributed by atoms with van der Waals surface area (Å²) >= 11 is 11.7. The van der Waals surface area contributed by atoms with Crippen LogP contribution < -0.4 is 9.46 Å². The van der Waals surface area contributed by atoms with Gasteiger partial charge in [0, 0.05) is 23.3 Å². The molecule has 1 N–H and O–H groups in total. The third-order valence-electron chi connectivity index (χ3n) is 2.75. The van der Waals surface area contributed by atoms with E-state index in [2.05, 4.69) is 9.71 Å². The van der Waals surface area contributed by atoms with Crippen LogP contribution in [0.15, 0.2) is 41.4 Å². The Morgan fingerprint density at radius 2 is 2.00 bits per heavy atom. The second kappa shape index (κ2) is 6.62. The van der Waals surface area contributed by atoms with Crippen LogP contribution in [0.2, 0.25) is 10.2 Å². The third kappa shape index (κ3) is 3.85. The third-order valence-corrected chi connectivity index (χ3v) is 4.71. The molecule has 1 aromatic carbocycles. The first-order valence-electron chi connectivity index (χ1n) is 5.86. The molecule has 0 fully saturated rings. The van der Waals surface area contributed by atoms with Crippen LogP contribution in [-0.4, -0.2) is 20.5 Å². The Hall–Kier alpha value is -1.34. The fourth-order valence-electron chi connectivity index (χ4n) is 1.67. The molecule has 5 nitrogen and oxygen atoms in total. The highest BCUT2D eigenvalue weighted by Gasteiger charge is 2.16. The number of halogens is 2. The molecule has 0 radical (unpaired) electrons. The van der Waals surface area contributed by atoms with E-state index in [1.807, 2.05) is 0 Å². The molecule has 2 rings (SSSR count). The zero-order valence-electron chi connectivity index (χ0n) is 11.0. The van der Waals surface area contributed by atoms with Crippen molar-refractivity contribution in [1.82, 2.24) is 9.71 Å². The highest BCUT2D eigenvalue weighted by molar-refractivity contribution is 7.89. The number of hydrogen-bond donors (Lipinski definition) is 1. The van der Waals surface area contributed by atoms with Gasteiger partial charge < -0.3 is 4.74 Å². The summed E-state index contributed by atoms with van der Waals surface area (Å²) in [4.78, 5) is 3.77. The van der Waals surface area contributed by atoms with E-state index in [4.69, 9.17) is 27.9 Å². The molecule has 112 valence electrons. The van der Waals surface area contributed by atoms with Crippen molar-refractivity contribution in [2.75, 3.05) is 7.11 Å². The minimum Gasteiger partial charge on any atom is -0.496 e. The second-order valence-electron chi connectivity index (χ2n) is 4.06. The summed E-state index contributed by atoms with van der Waals surface area (Å²) in [6, 6.07) is 7.88. The van der Waals surface area contributed by atoms with Gasteiger partial charge in [-0.1, -0.05) is 29.3 Å². The molecule has 0 amide bonds. The molecule has 0 spiro atoms. The van der Waals surface area contributed by atoms with E-state index in [-0.39, 0.29) is 16.6 Å². The van der Waals surface area contributed by atoms with Crippen LogP contribution in [0.3, 0.4) is 0 Å². The zero-order chi connectivity index (χ0) is 15.5. The first-order valence-corrected chi connectivity index (χ1v) is 8.10. The van der Waals surface area contributed by atoms with Gasteiger partial charge in [0.25, 0.3) is 0 Å². The quantitative estimate of drug-likeness (QED) is 0.845. The topological polar surface area (TPSA) is 68.3 Å². The van der Waals surface area contributed by atoms with E-state index in [1.54, 1.807) is 18.2 Å². The number of nitrogens with one attached hydrogen (secondary N) is 1.